The van der Waals surface area contributed by atoms with E-state index < -0.39 is 23.5 Å². The molecule has 0 aliphatic rings. The van der Waals surface area contributed by atoms with Crippen LogP contribution in [0, 0.1) is 6.92 Å². The first-order valence-electron chi connectivity index (χ1n) is 7.71. The van der Waals surface area contributed by atoms with Crippen molar-refractivity contribution in [2.24, 2.45) is 5.73 Å². The van der Waals surface area contributed by atoms with Crippen LogP contribution in [0.1, 0.15) is 27.3 Å². The highest BCUT2D eigenvalue weighted by Gasteiger charge is 2.37. The number of nitrogens with two attached hydrogens (primary N) is 1. The first-order chi connectivity index (χ1) is 12.6. The minimum Gasteiger partial charge on any atom is -0.506 e. The summed E-state index contributed by atoms with van der Waals surface area (Å²) < 4.78 is 41.6. The predicted molar refractivity (Wildman–Crippen MR) is 92.4 cm³/mol. The van der Waals surface area contributed by atoms with Crippen molar-refractivity contribution in [3.63, 3.8) is 0 Å². The van der Waals surface area contributed by atoms with Gasteiger partial charge in [0.1, 0.15) is 28.0 Å². The van der Waals surface area contributed by atoms with Gasteiger partial charge in [-0.1, -0.05) is 12.6 Å². The van der Waals surface area contributed by atoms with Gasteiger partial charge in [-0.2, -0.15) is 13.2 Å². The van der Waals surface area contributed by atoms with Crippen molar-refractivity contribution in [3.05, 3.63) is 41.2 Å². The van der Waals surface area contributed by atoms with Crippen LogP contribution in [0.25, 0.3) is 33.9 Å². The Kier molecular flexibility index (Phi) is 3.27. The van der Waals surface area contributed by atoms with Crippen LogP contribution in [0.15, 0.2) is 18.7 Å². The largest absolute Gasteiger partial charge is 0.506 e. The lowest BCUT2D eigenvalue weighted by Gasteiger charge is -2.09. The normalized spacial score (nSPS) is 12.3. The van der Waals surface area contributed by atoms with Gasteiger partial charge in [0.2, 0.25) is 0 Å². The lowest BCUT2D eigenvalue weighted by molar-refractivity contribution is -0.141. The van der Waals surface area contributed by atoms with Crippen molar-refractivity contribution in [2.45, 2.75) is 13.1 Å². The smallest absolute Gasteiger partial charge is 0.435 e. The number of nitrogens with one attached hydrogen (secondary N) is 1. The zero-order valence-corrected chi connectivity index (χ0v) is 13.8. The van der Waals surface area contributed by atoms with Gasteiger partial charge in [0, 0.05) is 0 Å². The van der Waals surface area contributed by atoms with Crippen molar-refractivity contribution in [1.82, 2.24) is 19.4 Å². The van der Waals surface area contributed by atoms with Gasteiger partial charge in [-0.15, -0.1) is 0 Å². The molecule has 0 radical (unpaired) electrons. The topological polar surface area (TPSA) is 109 Å². The van der Waals surface area contributed by atoms with Gasteiger partial charge in [0.05, 0.1) is 11.2 Å². The zero-order chi connectivity index (χ0) is 19.7. The highest BCUT2D eigenvalue weighted by atomic mass is 19.4. The Bertz CT molecular complexity index is 1280. The van der Waals surface area contributed by atoms with E-state index in [1.165, 1.54) is 10.5 Å². The fourth-order valence-corrected chi connectivity index (χ4v) is 3.23. The van der Waals surface area contributed by atoms with Gasteiger partial charge in [-0.3, -0.25) is 9.20 Å². The van der Waals surface area contributed by atoms with E-state index in [4.69, 9.17) is 5.73 Å². The van der Waals surface area contributed by atoms with Crippen LogP contribution in [0.3, 0.4) is 0 Å². The second kappa shape index (κ2) is 5.22. The van der Waals surface area contributed by atoms with E-state index in [9.17, 15) is 23.1 Å². The third-order valence-electron chi connectivity index (χ3n) is 4.35. The van der Waals surface area contributed by atoms with Gasteiger partial charge in [0.25, 0.3) is 5.91 Å². The quantitative estimate of drug-likeness (QED) is 0.500. The standard InChI is InChI=1S/C17H12F3N5O2/c1-3-7-13(17(18,19)20)24-16-11(22-7)9(14(21)27)15-23-10-8(26)5-4-6(2)12(10)25(15)16/h3-5,23,26H,1H2,2H3,(H2,21,27). The van der Waals surface area contributed by atoms with Gasteiger partial charge in [0.15, 0.2) is 11.3 Å². The fraction of sp³-hybridized carbons (Fsp3) is 0.118. The molecule has 0 saturated carbocycles. The van der Waals surface area contributed by atoms with Crippen molar-refractivity contribution < 1.29 is 23.1 Å². The summed E-state index contributed by atoms with van der Waals surface area (Å²) in [7, 11) is 0. The summed E-state index contributed by atoms with van der Waals surface area (Å²) in [4.78, 5) is 22.6. The first kappa shape index (κ1) is 16.9. The van der Waals surface area contributed by atoms with E-state index in [0.29, 0.717) is 11.1 Å². The molecule has 138 valence electrons. The monoisotopic (exact) mass is 375 g/mol. The summed E-state index contributed by atoms with van der Waals surface area (Å²) in [5.74, 6) is -1.02. The summed E-state index contributed by atoms with van der Waals surface area (Å²) in [6.07, 6.45) is -3.85. The number of nitrogens with zero attached hydrogens (tertiary/aromatic N) is 3. The maximum Gasteiger partial charge on any atom is 0.435 e. The molecule has 3 heterocycles. The number of halogens is 3. The number of carbonyl (C=O) groups is 1. The van der Waals surface area contributed by atoms with Crippen molar-refractivity contribution >= 4 is 39.8 Å². The molecule has 27 heavy (non-hydrogen) atoms. The molecule has 0 spiro atoms. The Morgan fingerprint density at radius 2 is 2.07 bits per heavy atom. The number of carbonyl (C=O) groups excluding carboxylic acids is 1. The molecular formula is C17H12F3N5O2. The van der Waals surface area contributed by atoms with Crippen LogP contribution >= 0.6 is 0 Å². The third-order valence-corrected chi connectivity index (χ3v) is 4.35. The second-order valence-corrected chi connectivity index (χ2v) is 6.01. The molecule has 0 saturated heterocycles. The maximum atomic E-state index is 13.4. The molecule has 4 N–H and O–H groups in total. The van der Waals surface area contributed by atoms with Crippen molar-refractivity contribution in [3.8, 4) is 5.75 Å². The molecule has 0 fully saturated rings. The molecule has 4 rings (SSSR count). The maximum absolute atomic E-state index is 13.4. The number of aryl methyl sites for hydroxylation is 1. The molecule has 7 nitrogen and oxygen atoms in total. The Morgan fingerprint density at radius 3 is 2.67 bits per heavy atom. The van der Waals surface area contributed by atoms with Crippen LogP contribution in [0.2, 0.25) is 0 Å². The molecule has 0 bridgehead atoms. The third kappa shape index (κ3) is 2.19. The number of rotatable bonds is 2. The Balaban J connectivity index is 2.33. The van der Waals surface area contributed by atoms with Gasteiger partial charge < -0.3 is 15.8 Å². The number of amides is 1. The number of hydrogen-bond donors (Lipinski definition) is 3. The number of fused-ring (bicyclic) bond motifs is 5. The minimum absolute atomic E-state index is 0.0821. The van der Waals surface area contributed by atoms with E-state index >= 15 is 0 Å². The van der Waals surface area contributed by atoms with E-state index in [1.807, 2.05) is 0 Å². The van der Waals surface area contributed by atoms with E-state index in [0.717, 1.165) is 6.08 Å². The molecule has 0 unspecified atom stereocenters. The number of phenolic OH excluding ortho intramolecular Hbond substituents is 1. The Hall–Kier alpha value is -3.56. The molecule has 0 aliphatic heterocycles. The number of hydrogen-bond acceptors (Lipinski definition) is 4. The van der Waals surface area contributed by atoms with Gasteiger partial charge in [-0.05, 0) is 24.6 Å². The van der Waals surface area contributed by atoms with Crippen LogP contribution < -0.4 is 5.73 Å². The number of primary amides is 1. The van der Waals surface area contributed by atoms with E-state index in [2.05, 4.69) is 21.5 Å². The highest BCUT2D eigenvalue weighted by Crippen LogP contribution is 2.36. The molecule has 3 aromatic heterocycles. The Labute approximate surface area is 148 Å². The van der Waals surface area contributed by atoms with Gasteiger partial charge in [-0.25, -0.2) is 9.97 Å². The molecule has 10 heteroatoms. The van der Waals surface area contributed by atoms with Crippen LogP contribution in [-0.4, -0.2) is 30.4 Å². The van der Waals surface area contributed by atoms with E-state index in [1.54, 1.807) is 13.0 Å². The number of H-pyrrole nitrogens is 1. The number of alkyl halides is 3. The zero-order valence-electron chi connectivity index (χ0n) is 13.8. The summed E-state index contributed by atoms with van der Waals surface area (Å²) >= 11 is 0. The van der Waals surface area contributed by atoms with Crippen LogP contribution in [-0.2, 0) is 6.18 Å². The number of phenols is 1. The SMILES string of the molecule is C=Cc1nc2c(C(N)=O)c3[nH]c4c(O)ccc(C)c4n3c2nc1C(F)(F)F. The number of benzene rings is 1. The number of aromatic hydroxyl groups is 1. The summed E-state index contributed by atoms with van der Waals surface area (Å²) in [6.45, 7) is 5.05. The molecule has 0 aliphatic carbocycles. The average molecular weight is 375 g/mol. The first-order valence-corrected chi connectivity index (χ1v) is 7.71. The molecule has 4 aromatic rings. The molecule has 0 atom stereocenters. The minimum atomic E-state index is -4.77. The molecular weight excluding hydrogens is 363 g/mol. The van der Waals surface area contributed by atoms with E-state index in [-0.39, 0.29) is 33.6 Å². The van der Waals surface area contributed by atoms with Gasteiger partial charge >= 0.3 is 6.18 Å². The van der Waals surface area contributed by atoms with Crippen molar-refractivity contribution in [2.75, 3.05) is 0 Å². The molecule has 1 amide bonds. The lowest BCUT2D eigenvalue weighted by atomic mass is 10.2. The lowest BCUT2D eigenvalue weighted by Crippen LogP contribution is -2.14. The number of aromatic amines is 1. The number of aromatic nitrogens is 4. The second-order valence-electron chi connectivity index (χ2n) is 6.01. The van der Waals surface area contributed by atoms with Crippen molar-refractivity contribution in [1.29, 1.82) is 0 Å². The molecule has 1 aromatic carbocycles. The Morgan fingerprint density at radius 1 is 1.37 bits per heavy atom. The fourth-order valence-electron chi connectivity index (χ4n) is 3.23. The number of imidazole rings is 1. The predicted octanol–water partition coefficient (Wildman–Crippen LogP) is 3.14. The summed E-state index contributed by atoms with van der Waals surface area (Å²) in [5, 5.41) is 10.1. The van der Waals surface area contributed by atoms with Crippen LogP contribution in [0.5, 0.6) is 5.75 Å². The summed E-state index contributed by atoms with van der Waals surface area (Å²) in [5.41, 5.74) is 4.68. The highest BCUT2D eigenvalue weighted by molar-refractivity contribution is 6.13. The summed E-state index contributed by atoms with van der Waals surface area (Å²) in [6, 6.07) is 3.03. The van der Waals surface area contributed by atoms with Crippen LogP contribution in [0.4, 0.5) is 13.2 Å². The average Bonchev–Trinajstić information content (AvgIpc) is 3.10.